The van der Waals surface area contributed by atoms with Crippen LogP contribution in [0, 0.1) is 5.92 Å². The first-order chi connectivity index (χ1) is 10.0. The van der Waals surface area contributed by atoms with Crippen molar-refractivity contribution < 1.29 is 14.6 Å². The Kier molecular flexibility index (Phi) is 5.37. The number of nitrogens with one attached hydrogen (secondary N) is 1. The van der Waals surface area contributed by atoms with E-state index in [1.165, 1.54) is 0 Å². The zero-order valence-corrected chi connectivity index (χ0v) is 12.8. The Balaban J connectivity index is 2.04. The molecule has 0 radical (unpaired) electrons. The number of aliphatic hydroxyl groups excluding tert-OH is 1. The summed E-state index contributed by atoms with van der Waals surface area (Å²) in [7, 11) is 0. The average Bonchev–Trinajstić information content (AvgIpc) is 2.49. The molecular weight excluding hydrogens is 266 g/mol. The lowest BCUT2D eigenvalue weighted by atomic mass is 9.83. The summed E-state index contributed by atoms with van der Waals surface area (Å²) in [5, 5.41) is 12.9. The van der Waals surface area contributed by atoms with Gasteiger partial charge in [-0.25, -0.2) is 0 Å². The predicted molar refractivity (Wildman–Crippen MR) is 82.0 cm³/mol. The van der Waals surface area contributed by atoms with Gasteiger partial charge < -0.3 is 15.2 Å². The molecular formula is C17H25NO3. The van der Waals surface area contributed by atoms with Gasteiger partial charge in [0, 0.05) is 5.92 Å². The Morgan fingerprint density at radius 1 is 1.33 bits per heavy atom. The van der Waals surface area contributed by atoms with Crippen molar-refractivity contribution in [3.63, 3.8) is 0 Å². The average molecular weight is 291 g/mol. The van der Waals surface area contributed by atoms with Gasteiger partial charge in [-0.1, -0.05) is 30.3 Å². The van der Waals surface area contributed by atoms with Crippen LogP contribution in [0.15, 0.2) is 30.3 Å². The molecule has 2 N–H and O–H groups in total. The molecule has 1 aliphatic heterocycles. The minimum atomic E-state index is -0.604. The number of rotatable bonds is 5. The van der Waals surface area contributed by atoms with E-state index in [9.17, 15) is 9.90 Å². The van der Waals surface area contributed by atoms with Crippen molar-refractivity contribution in [2.75, 3.05) is 19.7 Å². The predicted octanol–water partition coefficient (Wildman–Crippen LogP) is 2.08. The van der Waals surface area contributed by atoms with Crippen LogP contribution >= 0.6 is 0 Å². The highest BCUT2D eigenvalue weighted by Crippen LogP contribution is 2.31. The Morgan fingerprint density at radius 3 is 2.52 bits per heavy atom. The third-order valence-corrected chi connectivity index (χ3v) is 4.35. The van der Waals surface area contributed by atoms with E-state index in [1.807, 2.05) is 44.2 Å². The molecule has 1 aromatic rings. The van der Waals surface area contributed by atoms with Gasteiger partial charge in [-0.05, 0) is 45.3 Å². The first-order valence-electron chi connectivity index (χ1n) is 7.64. The highest BCUT2D eigenvalue weighted by molar-refractivity contribution is 5.78. The molecule has 1 aliphatic rings. The highest BCUT2D eigenvalue weighted by Gasteiger charge is 2.36. The maximum absolute atomic E-state index is 12.4. The third kappa shape index (κ3) is 4.05. The summed E-state index contributed by atoms with van der Waals surface area (Å²) in [6, 6.07) is 9.31. The van der Waals surface area contributed by atoms with Gasteiger partial charge in [-0.2, -0.15) is 0 Å². The quantitative estimate of drug-likeness (QED) is 0.816. The summed E-state index contributed by atoms with van der Waals surface area (Å²) in [4.78, 5) is 12.4. The number of ether oxygens (including phenoxy) is 1. The summed E-state index contributed by atoms with van der Waals surface area (Å²) in [5.41, 5.74) is 0.299. The van der Waals surface area contributed by atoms with Gasteiger partial charge >= 0.3 is 5.97 Å². The van der Waals surface area contributed by atoms with Gasteiger partial charge in [0.2, 0.25) is 0 Å². The molecule has 21 heavy (non-hydrogen) atoms. The Hall–Kier alpha value is -1.39. The fraction of sp³-hybridized carbons (Fsp3) is 0.588. The summed E-state index contributed by atoms with van der Waals surface area (Å²) in [6.07, 6.45) is 2.02. The summed E-state index contributed by atoms with van der Waals surface area (Å²) in [6.45, 7) is 5.65. The molecule has 2 rings (SSSR count). The second-order valence-corrected chi connectivity index (χ2v) is 6.19. The third-order valence-electron chi connectivity index (χ3n) is 4.35. The largest absolute Gasteiger partial charge is 0.459 e. The van der Waals surface area contributed by atoms with Gasteiger partial charge in [0.1, 0.15) is 11.5 Å². The smallest absolute Gasteiger partial charge is 0.316 e. The fourth-order valence-corrected chi connectivity index (χ4v) is 2.93. The lowest BCUT2D eigenvalue weighted by Gasteiger charge is -2.37. The number of esters is 1. The SMILES string of the molecule is CC(C)(OC(=O)C(CO)c1ccccc1)C1CCNCC1. The summed E-state index contributed by atoms with van der Waals surface area (Å²) in [5.74, 6) is -0.586. The van der Waals surface area contributed by atoms with E-state index in [4.69, 9.17) is 4.74 Å². The van der Waals surface area contributed by atoms with E-state index in [0.29, 0.717) is 5.92 Å². The number of hydrogen-bond acceptors (Lipinski definition) is 4. The number of benzene rings is 1. The molecule has 1 unspecified atom stereocenters. The van der Waals surface area contributed by atoms with Crippen molar-refractivity contribution in [2.45, 2.75) is 38.2 Å². The van der Waals surface area contributed by atoms with E-state index in [1.54, 1.807) is 0 Å². The lowest BCUT2D eigenvalue weighted by Crippen LogP contribution is -2.43. The van der Waals surface area contributed by atoms with Gasteiger partial charge in [-0.15, -0.1) is 0 Å². The topological polar surface area (TPSA) is 58.6 Å². The van der Waals surface area contributed by atoms with Crippen LogP contribution in [0.25, 0.3) is 0 Å². The van der Waals surface area contributed by atoms with E-state index in [0.717, 1.165) is 31.5 Å². The van der Waals surface area contributed by atoms with E-state index >= 15 is 0 Å². The lowest BCUT2D eigenvalue weighted by molar-refractivity contribution is -0.165. The number of hydrogen-bond donors (Lipinski definition) is 2. The van der Waals surface area contributed by atoms with Crippen molar-refractivity contribution in [2.24, 2.45) is 5.92 Å². The first kappa shape index (κ1) is 16.0. The molecule has 0 aromatic heterocycles. The molecule has 0 saturated carbocycles. The van der Waals surface area contributed by atoms with E-state index in [-0.39, 0.29) is 12.6 Å². The maximum atomic E-state index is 12.4. The van der Waals surface area contributed by atoms with Crippen molar-refractivity contribution in [1.82, 2.24) is 5.32 Å². The van der Waals surface area contributed by atoms with Crippen LogP contribution in [0.2, 0.25) is 0 Å². The van der Waals surface area contributed by atoms with Crippen LogP contribution in [-0.4, -0.2) is 36.4 Å². The number of carbonyl (C=O) groups is 1. The first-order valence-corrected chi connectivity index (χ1v) is 7.64. The van der Waals surface area contributed by atoms with Crippen LogP contribution in [0.1, 0.15) is 38.2 Å². The van der Waals surface area contributed by atoms with Gasteiger partial charge in [0.15, 0.2) is 0 Å². The molecule has 4 heteroatoms. The van der Waals surface area contributed by atoms with Crippen LogP contribution in [0.4, 0.5) is 0 Å². The van der Waals surface area contributed by atoms with Gasteiger partial charge in [0.25, 0.3) is 0 Å². The molecule has 1 atom stereocenters. The minimum Gasteiger partial charge on any atom is -0.459 e. The summed E-state index contributed by atoms with van der Waals surface area (Å²) < 4.78 is 5.76. The van der Waals surface area contributed by atoms with Crippen molar-refractivity contribution >= 4 is 5.97 Å². The van der Waals surface area contributed by atoms with Gasteiger partial charge in [0.05, 0.1) is 6.61 Å². The number of aliphatic hydroxyl groups is 1. The van der Waals surface area contributed by atoms with E-state index in [2.05, 4.69) is 5.32 Å². The summed E-state index contributed by atoms with van der Waals surface area (Å²) >= 11 is 0. The molecule has 0 bridgehead atoms. The Morgan fingerprint density at radius 2 is 1.95 bits per heavy atom. The van der Waals surface area contributed by atoms with Crippen LogP contribution in [0.5, 0.6) is 0 Å². The Labute approximate surface area is 126 Å². The van der Waals surface area contributed by atoms with E-state index < -0.39 is 11.5 Å². The monoisotopic (exact) mass is 291 g/mol. The molecule has 4 nitrogen and oxygen atoms in total. The van der Waals surface area contributed by atoms with Crippen LogP contribution in [0.3, 0.4) is 0 Å². The second kappa shape index (κ2) is 7.05. The van der Waals surface area contributed by atoms with Gasteiger partial charge in [-0.3, -0.25) is 4.79 Å². The van der Waals surface area contributed by atoms with Crippen molar-refractivity contribution in [3.8, 4) is 0 Å². The van der Waals surface area contributed by atoms with Crippen LogP contribution in [-0.2, 0) is 9.53 Å². The molecule has 1 fully saturated rings. The second-order valence-electron chi connectivity index (χ2n) is 6.19. The number of piperidine rings is 1. The zero-order valence-electron chi connectivity index (χ0n) is 12.8. The molecule has 0 spiro atoms. The molecule has 116 valence electrons. The highest BCUT2D eigenvalue weighted by atomic mass is 16.6. The van der Waals surface area contributed by atoms with Crippen molar-refractivity contribution in [3.05, 3.63) is 35.9 Å². The molecule has 0 amide bonds. The fourth-order valence-electron chi connectivity index (χ4n) is 2.93. The number of carbonyl (C=O) groups excluding carboxylic acids is 1. The molecule has 0 aliphatic carbocycles. The minimum absolute atomic E-state index is 0.231. The normalized spacial score (nSPS) is 18.2. The molecule has 1 heterocycles. The molecule has 1 aromatic carbocycles. The standard InChI is InChI=1S/C17H25NO3/c1-17(2,14-8-10-18-11-9-14)21-16(20)15(12-19)13-6-4-3-5-7-13/h3-7,14-15,18-19H,8-12H2,1-2H3. The Bertz CT molecular complexity index is 452. The maximum Gasteiger partial charge on any atom is 0.316 e. The van der Waals surface area contributed by atoms with Crippen molar-refractivity contribution in [1.29, 1.82) is 0 Å². The zero-order chi connectivity index (χ0) is 15.3. The van der Waals surface area contributed by atoms with Crippen LogP contribution < -0.4 is 5.32 Å². The molecule has 1 saturated heterocycles.